The van der Waals surface area contributed by atoms with E-state index in [1.165, 1.54) is 6.07 Å². The Bertz CT molecular complexity index is 884. The summed E-state index contributed by atoms with van der Waals surface area (Å²) in [7, 11) is -0.0503. The number of hydrogen-bond donors (Lipinski definition) is 1. The molecule has 7 heteroatoms. The maximum atomic E-state index is 12.7. The molecule has 0 aliphatic rings. The molecule has 0 spiro atoms. The summed E-state index contributed by atoms with van der Waals surface area (Å²) < 4.78 is 32.8. The lowest BCUT2D eigenvalue weighted by Gasteiger charge is -2.20. The van der Waals surface area contributed by atoms with Crippen molar-refractivity contribution in [2.24, 2.45) is 0 Å². The van der Waals surface area contributed by atoms with Gasteiger partial charge in [-0.2, -0.15) is 4.72 Å². The number of nitrogens with one attached hydrogen (secondary N) is 1. The summed E-state index contributed by atoms with van der Waals surface area (Å²) in [5.74, 6) is -0.620. The van der Waals surface area contributed by atoms with Crippen LogP contribution in [0.2, 0.25) is 0 Å². The van der Waals surface area contributed by atoms with Crippen molar-refractivity contribution < 1.29 is 17.9 Å². The van der Waals surface area contributed by atoms with Crippen molar-refractivity contribution in [3.63, 3.8) is 0 Å². The number of hydrogen-bond acceptors (Lipinski definition) is 5. The predicted octanol–water partition coefficient (Wildman–Crippen LogP) is 2.53. The Morgan fingerprint density at radius 1 is 1.08 bits per heavy atom. The van der Waals surface area contributed by atoms with Gasteiger partial charge in [0.2, 0.25) is 10.0 Å². The molecule has 0 saturated carbocycles. The quantitative estimate of drug-likeness (QED) is 0.825. The molecule has 0 fully saturated rings. The Labute approximate surface area is 148 Å². The molecule has 0 bridgehead atoms. The van der Waals surface area contributed by atoms with Crippen LogP contribution in [0.1, 0.15) is 20.8 Å². The van der Waals surface area contributed by atoms with Crippen molar-refractivity contribution in [3.8, 4) is 0 Å². The minimum atomic E-state index is -3.85. The van der Waals surface area contributed by atoms with Crippen molar-refractivity contribution in [2.45, 2.75) is 31.3 Å². The van der Waals surface area contributed by atoms with Gasteiger partial charge in [-0.15, -0.1) is 0 Å². The second-order valence-corrected chi connectivity index (χ2v) is 8.67. The fourth-order valence-corrected chi connectivity index (χ4v) is 3.69. The van der Waals surface area contributed by atoms with Crippen molar-refractivity contribution in [2.75, 3.05) is 25.5 Å². The van der Waals surface area contributed by atoms with E-state index in [4.69, 9.17) is 4.74 Å². The molecule has 0 saturated heterocycles. The minimum Gasteiger partial charge on any atom is -0.459 e. The van der Waals surface area contributed by atoms with E-state index in [-0.39, 0.29) is 4.90 Å². The Morgan fingerprint density at radius 2 is 1.68 bits per heavy atom. The van der Waals surface area contributed by atoms with Gasteiger partial charge in [-0.3, -0.25) is 4.79 Å². The predicted molar refractivity (Wildman–Crippen MR) is 99.3 cm³/mol. The van der Waals surface area contributed by atoms with Gasteiger partial charge in [0.25, 0.3) is 0 Å². The number of fused-ring (bicyclic) bond motifs is 1. The Morgan fingerprint density at radius 3 is 2.28 bits per heavy atom. The average Bonchev–Trinajstić information content (AvgIpc) is 2.50. The highest BCUT2D eigenvalue weighted by atomic mass is 32.2. The first-order valence-electron chi connectivity index (χ1n) is 7.92. The highest BCUT2D eigenvalue weighted by Gasteiger charge is 2.22. The highest BCUT2D eigenvalue weighted by Crippen LogP contribution is 2.30. The van der Waals surface area contributed by atoms with Crippen molar-refractivity contribution in [1.29, 1.82) is 0 Å². The molecule has 6 nitrogen and oxygen atoms in total. The van der Waals surface area contributed by atoms with Crippen LogP contribution in [0.3, 0.4) is 0 Å². The van der Waals surface area contributed by atoms with Gasteiger partial charge in [0.15, 0.2) is 0 Å². The van der Waals surface area contributed by atoms with Gasteiger partial charge in [0.1, 0.15) is 12.1 Å². The average molecular weight is 364 g/mol. The lowest BCUT2D eigenvalue weighted by Crippen LogP contribution is -2.34. The van der Waals surface area contributed by atoms with E-state index in [1.54, 1.807) is 32.9 Å². The summed E-state index contributed by atoms with van der Waals surface area (Å²) in [5, 5.41) is 1.43. The summed E-state index contributed by atoms with van der Waals surface area (Å²) >= 11 is 0. The first-order valence-corrected chi connectivity index (χ1v) is 9.40. The summed E-state index contributed by atoms with van der Waals surface area (Å²) in [6.45, 7) is 4.77. The Hall–Kier alpha value is -2.12. The summed E-state index contributed by atoms with van der Waals surface area (Å²) in [5.41, 5.74) is 0.254. The van der Waals surface area contributed by atoms with Crippen LogP contribution in [0.15, 0.2) is 41.3 Å². The van der Waals surface area contributed by atoms with Crippen molar-refractivity contribution in [1.82, 2.24) is 4.72 Å². The van der Waals surface area contributed by atoms with E-state index in [2.05, 4.69) is 4.72 Å². The number of ether oxygens (including phenoxy) is 1. The normalized spacial score (nSPS) is 12.2. The van der Waals surface area contributed by atoms with Crippen LogP contribution in [-0.4, -0.2) is 40.6 Å². The maximum Gasteiger partial charge on any atom is 0.321 e. The number of benzene rings is 2. The first kappa shape index (κ1) is 19.2. The van der Waals surface area contributed by atoms with Gasteiger partial charge < -0.3 is 9.64 Å². The smallest absolute Gasteiger partial charge is 0.321 e. The molecule has 0 aliphatic heterocycles. The van der Waals surface area contributed by atoms with Crippen LogP contribution < -0.4 is 9.62 Å². The third-order valence-corrected chi connectivity index (χ3v) is 4.92. The molecule has 25 heavy (non-hydrogen) atoms. The fourth-order valence-electron chi connectivity index (χ4n) is 2.50. The zero-order valence-electron chi connectivity index (χ0n) is 15.2. The maximum absolute atomic E-state index is 12.7. The standard InChI is InChI=1S/C18H24N2O4S/c1-18(2,3)24-17(21)12-19-25(22,23)16-11-7-8-13-14(16)9-6-10-15(13)20(4)5/h6-11,19H,12H2,1-5H3. The molecule has 136 valence electrons. The lowest BCUT2D eigenvalue weighted by atomic mass is 10.1. The molecular formula is C18H24N2O4S. The van der Waals surface area contributed by atoms with E-state index in [0.29, 0.717) is 5.39 Å². The molecule has 0 heterocycles. The van der Waals surface area contributed by atoms with Gasteiger partial charge in [-0.05, 0) is 32.9 Å². The summed E-state index contributed by atoms with van der Waals surface area (Å²) in [6, 6.07) is 10.6. The van der Waals surface area contributed by atoms with Gasteiger partial charge in [-0.1, -0.05) is 24.3 Å². The van der Waals surface area contributed by atoms with Crippen LogP contribution >= 0.6 is 0 Å². The molecule has 0 aromatic heterocycles. The third kappa shape index (κ3) is 4.70. The van der Waals surface area contributed by atoms with Crippen molar-refractivity contribution in [3.05, 3.63) is 36.4 Å². The first-order chi connectivity index (χ1) is 11.5. The van der Waals surface area contributed by atoms with E-state index in [9.17, 15) is 13.2 Å². The lowest BCUT2D eigenvalue weighted by molar-refractivity contribution is -0.153. The molecular weight excluding hydrogens is 340 g/mol. The van der Waals surface area contributed by atoms with Crippen LogP contribution in [0.4, 0.5) is 5.69 Å². The molecule has 0 atom stereocenters. The number of nitrogens with zero attached hydrogens (tertiary/aromatic N) is 1. The number of carbonyl (C=O) groups excluding carboxylic acids is 1. The SMILES string of the molecule is CN(C)c1cccc2c(S(=O)(=O)NCC(=O)OC(C)(C)C)cccc12. The topological polar surface area (TPSA) is 75.7 Å². The van der Waals surface area contributed by atoms with E-state index >= 15 is 0 Å². The number of sulfonamides is 1. The number of anilines is 1. The molecule has 0 unspecified atom stereocenters. The highest BCUT2D eigenvalue weighted by molar-refractivity contribution is 7.89. The number of carbonyl (C=O) groups is 1. The van der Waals surface area contributed by atoms with Crippen molar-refractivity contribution >= 4 is 32.5 Å². The monoisotopic (exact) mass is 364 g/mol. The van der Waals surface area contributed by atoms with E-state index in [1.807, 2.05) is 37.2 Å². The summed E-state index contributed by atoms with van der Waals surface area (Å²) in [6.07, 6.45) is 0. The summed E-state index contributed by atoms with van der Waals surface area (Å²) in [4.78, 5) is 13.8. The van der Waals surface area contributed by atoms with Gasteiger partial charge in [0.05, 0.1) is 4.90 Å². The van der Waals surface area contributed by atoms with E-state index < -0.39 is 28.1 Å². The van der Waals surface area contributed by atoms with E-state index in [0.717, 1.165) is 11.1 Å². The fraction of sp³-hybridized carbons (Fsp3) is 0.389. The minimum absolute atomic E-state index is 0.136. The number of rotatable bonds is 5. The zero-order chi connectivity index (χ0) is 18.8. The largest absolute Gasteiger partial charge is 0.459 e. The van der Waals surface area contributed by atoms with Gasteiger partial charge >= 0.3 is 5.97 Å². The molecule has 0 radical (unpaired) electrons. The molecule has 0 amide bonds. The second-order valence-electron chi connectivity index (χ2n) is 6.93. The Kier molecular flexibility index (Phi) is 5.39. The third-order valence-electron chi connectivity index (χ3n) is 3.46. The van der Waals surface area contributed by atoms with Crippen LogP contribution in [0.5, 0.6) is 0 Å². The van der Waals surface area contributed by atoms with Crippen LogP contribution in [-0.2, 0) is 19.6 Å². The number of esters is 1. The van der Waals surface area contributed by atoms with Crippen LogP contribution in [0.25, 0.3) is 10.8 Å². The zero-order valence-corrected chi connectivity index (χ0v) is 16.0. The van der Waals surface area contributed by atoms with Crippen LogP contribution in [0, 0.1) is 0 Å². The Balaban J connectivity index is 2.34. The molecule has 2 aromatic rings. The molecule has 2 aromatic carbocycles. The van der Waals surface area contributed by atoms with Gasteiger partial charge in [0, 0.05) is 30.6 Å². The molecule has 1 N–H and O–H groups in total. The second kappa shape index (κ2) is 7.01. The molecule has 2 rings (SSSR count). The van der Waals surface area contributed by atoms with Gasteiger partial charge in [-0.25, -0.2) is 8.42 Å². The molecule has 0 aliphatic carbocycles.